The number of nitrogens with one attached hydrogen (secondary N) is 3. The summed E-state index contributed by atoms with van der Waals surface area (Å²) in [5, 5.41) is 25.7. The Labute approximate surface area is 157 Å². The van der Waals surface area contributed by atoms with Crippen molar-refractivity contribution in [1.82, 2.24) is 16.0 Å². The fourth-order valence-corrected chi connectivity index (χ4v) is 2.31. The molecule has 11 heteroatoms. The van der Waals surface area contributed by atoms with Crippen LogP contribution in [0.1, 0.15) is 27.2 Å². The van der Waals surface area contributed by atoms with Crippen LogP contribution in [0.25, 0.3) is 0 Å². The van der Waals surface area contributed by atoms with E-state index in [1.54, 1.807) is 0 Å². The summed E-state index contributed by atoms with van der Waals surface area (Å²) >= 11 is 3.87. The van der Waals surface area contributed by atoms with Gasteiger partial charge in [0.2, 0.25) is 17.7 Å². The molecule has 10 nitrogen and oxygen atoms in total. The molecule has 0 aliphatic carbocycles. The lowest BCUT2D eigenvalue weighted by atomic mass is 10.0. The zero-order valence-corrected chi connectivity index (χ0v) is 16.0. The first-order valence-electron chi connectivity index (χ1n) is 8.15. The molecule has 0 aromatic carbocycles. The van der Waals surface area contributed by atoms with Crippen LogP contribution in [0.2, 0.25) is 0 Å². The number of amides is 3. The molecule has 0 aliphatic heterocycles. The molecule has 4 unspecified atom stereocenters. The second-order valence-corrected chi connectivity index (χ2v) is 6.63. The minimum Gasteiger partial charge on any atom is -0.480 e. The van der Waals surface area contributed by atoms with Crippen LogP contribution in [0.4, 0.5) is 0 Å². The highest BCUT2D eigenvalue weighted by Crippen LogP contribution is 2.07. The van der Waals surface area contributed by atoms with E-state index in [2.05, 4.69) is 28.6 Å². The van der Waals surface area contributed by atoms with Crippen molar-refractivity contribution in [2.45, 2.75) is 51.4 Å². The van der Waals surface area contributed by atoms with Gasteiger partial charge in [-0.05, 0) is 19.3 Å². The number of thiol groups is 1. The number of aliphatic hydroxyl groups is 1. The van der Waals surface area contributed by atoms with Gasteiger partial charge in [0.05, 0.1) is 12.6 Å². The van der Waals surface area contributed by atoms with Crippen molar-refractivity contribution in [2.24, 2.45) is 11.7 Å². The van der Waals surface area contributed by atoms with Crippen LogP contribution in [0.5, 0.6) is 0 Å². The van der Waals surface area contributed by atoms with E-state index in [1.165, 1.54) is 6.92 Å². The smallest absolute Gasteiger partial charge is 0.327 e. The van der Waals surface area contributed by atoms with Gasteiger partial charge < -0.3 is 31.9 Å². The summed E-state index contributed by atoms with van der Waals surface area (Å²) in [5.41, 5.74) is 5.18. The number of aliphatic hydroxyl groups excluding tert-OH is 1. The maximum atomic E-state index is 12.4. The quantitative estimate of drug-likeness (QED) is 0.196. The Morgan fingerprint density at radius 2 is 1.54 bits per heavy atom. The molecular weight excluding hydrogens is 364 g/mol. The van der Waals surface area contributed by atoms with Gasteiger partial charge in [0, 0.05) is 5.75 Å². The van der Waals surface area contributed by atoms with Gasteiger partial charge in [-0.15, -0.1) is 0 Å². The number of nitrogens with two attached hydrogens (primary N) is 1. The molecule has 7 N–H and O–H groups in total. The van der Waals surface area contributed by atoms with Crippen molar-refractivity contribution in [3.8, 4) is 0 Å². The average Bonchev–Trinajstić information content (AvgIpc) is 2.54. The Kier molecular flexibility index (Phi) is 10.9. The predicted molar refractivity (Wildman–Crippen MR) is 97.5 cm³/mol. The molecule has 0 saturated carbocycles. The largest absolute Gasteiger partial charge is 0.480 e. The highest BCUT2D eigenvalue weighted by atomic mass is 32.1. The van der Waals surface area contributed by atoms with E-state index >= 15 is 0 Å². The second-order valence-electron chi connectivity index (χ2n) is 6.26. The summed E-state index contributed by atoms with van der Waals surface area (Å²) in [5.74, 6) is -3.47. The molecule has 4 atom stereocenters. The van der Waals surface area contributed by atoms with E-state index in [1.807, 2.05) is 13.8 Å². The highest BCUT2D eigenvalue weighted by molar-refractivity contribution is 7.80. The maximum Gasteiger partial charge on any atom is 0.327 e. The summed E-state index contributed by atoms with van der Waals surface area (Å²) in [7, 11) is 0. The third-order valence-corrected chi connectivity index (χ3v) is 3.77. The zero-order valence-electron chi connectivity index (χ0n) is 15.1. The van der Waals surface area contributed by atoms with Crippen molar-refractivity contribution in [1.29, 1.82) is 0 Å². The van der Waals surface area contributed by atoms with Gasteiger partial charge in [-0.2, -0.15) is 12.6 Å². The molecule has 26 heavy (non-hydrogen) atoms. The van der Waals surface area contributed by atoms with Crippen LogP contribution in [-0.4, -0.2) is 70.4 Å². The third kappa shape index (κ3) is 8.50. The van der Waals surface area contributed by atoms with E-state index in [0.29, 0.717) is 0 Å². The number of carbonyl (C=O) groups is 4. The molecule has 0 aromatic heterocycles. The Morgan fingerprint density at radius 3 is 1.92 bits per heavy atom. The summed E-state index contributed by atoms with van der Waals surface area (Å²) in [6, 6.07) is -3.55. The minimum atomic E-state index is -1.30. The fraction of sp³-hybridized carbons (Fsp3) is 0.733. The second kappa shape index (κ2) is 11.7. The molecule has 0 radical (unpaired) electrons. The van der Waals surface area contributed by atoms with Crippen LogP contribution >= 0.6 is 12.6 Å². The van der Waals surface area contributed by atoms with E-state index in [9.17, 15) is 24.3 Å². The van der Waals surface area contributed by atoms with Crippen LogP contribution in [0.15, 0.2) is 0 Å². The molecule has 3 amide bonds. The zero-order chi connectivity index (χ0) is 20.4. The first kappa shape index (κ1) is 24.1. The number of hydrogen-bond acceptors (Lipinski definition) is 7. The van der Waals surface area contributed by atoms with Gasteiger partial charge in [-0.25, -0.2) is 4.79 Å². The maximum absolute atomic E-state index is 12.4. The lowest BCUT2D eigenvalue weighted by Crippen LogP contribution is -2.59. The number of rotatable bonds is 11. The molecule has 0 aliphatic rings. The first-order valence-corrected chi connectivity index (χ1v) is 8.78. The molecule has 0 heterocycles. The number of aliphatic carboxylic acids is 1. The van der Waals surface area contributed by atoms with Gasteiger partial charge in [0.15, 0.2) is 0 Å². The van der Waals surface area contributed by atoms with Gasteiger partial charge in [0.25, 0.3) is 0 Å². The molecular formula is C15H28N4O6S. The average molecular weight is 392 g/mol. The summed E-state index contributed by atoms with van der Waals surface area (Å²) in [6.45, 7) is 4.58. The summed E-state index contributed by atoms with van der Waals surface area (Å²) in [4.78, 5) is 47.2. The molecule has 0 fully saturated rings. The van der Waals surface area contributed by atoms with Crippen LogP contribution in [0, 0.1) is 5.92 Å². The number of carbonyl (C=O) groups excluding carboxylic acids is 3. The minimum absolute atomic E-state index is 0.00830. The Balaban J connectivity index is 5.22. The van der Waals surface area contributed by atoms with E-state index in [-0.39, 0.29) is 24.6 Å². The van der Waals surface area contributed by atoms with Crippen molar-refractivity contribution in [3.05, 3.63) is 0 Å². The standard InChI is InChI=1S/C15H28N4O6S/c1-7(2)4-9(13(22)18-10(6-26)15(24)25)17-14(23)12(8(3)20)19-11(21)5-16/h7-10,12,20,26H,4-6,16H2,1-3H3,(H,17,23)(H,18,22)(H,19,21)(H,24,25). The van der Waals surface area contributed by atoms with Crippen LogP contribution in [0.3, 0.4) is 0 Å². The third-order valence-electron chi connectivity index (χ3n) is 3.40. The monoisotopic (exact) mass is 392 g/mol. The molecule has 0 aromatic rings. The number of carboxylic acid groups (broad SMARTS) is 1. The van der Waals surface area contributed by atoms with Crippen molar-refractivity contribution >= 4 is 36.3 Å². The number of carboxylic acids is 1. The molecule has 0 saturated heterocycles. The van der Waals surface area contributed by atoms with Crippen molar-refractivity contribution < 1.29 is 29.4 Å². The van der Waals surface area contributed by atoms with Gasteiger partial charge >= 0.3 is 5.97 Å². The first-order chi connectivity index (χ1) is 12.0. The highest BCUT2D eigenvalue weighted by Gasteiger charge is 2.31. The van der Waals surface area contributed by atoms with Gasteiger partial charge in [-0.3, -0.25) is 14.4 Å². The van der Waals surface area contributed by atoms with Crippen molar-refractivity contribution in [3.63, 3.8) is 0 Å². The van der Waals surface area contributed by atoms with E-state index < -0.39 is 47.9 Å². The molecule has 0 spiro atoms. The SMILES string of the molecule is CC(C)CC(NC(=O)C(NC(=O)CN)C(C)O)C(=O)NC(CS)C(=O)O. The lowest BCUT2D eigenvalue weighted by Gasteiger charge is -2.26. The van der Waals surface area contributed by atoms with E-state index in [0.717, 1.165) is 0 Å². The fourth-order valence-electron chi connectivity index (χ4n) is 2.06. The molecule has 0 bridgehead atoms. The predicted octanol–water partition coefficient (Wildman–Crippen LogP) is -2.16. The molecule has 0 rings (SSSR count). The van der Waals surface area contributed by atoms with Crippen LogP contribution < -0.4 is 21.7 Å². The Morgan fingerprint density at radius 1 is 1.00 bits per heavy atom. The topological polar surface area (TPSA) is 171 Å². The summed E-state index contributed by atoms with van der Waals surface area (Å²) < 4.78 is 0. The van der Waals surface area contributed by atoms with Crippen molar-refractivity contribution in [2.75, 3.05) is 12.3 Å². The molecule has 150 valence electrons. The van der Waals surface area contributed by atoms with E-state index in [4.69, 9.17) is 10.8 Å². The Hall–Kier alpha value is -1.85. The van der Waals surface area contributed by atoms with Gasteiger partial charge in [-0.1, -0.05) is 13.8 Å². The lowest BCUT2D eigenvalue weighted by molar-refractivity contribution is -0.141. The van der Waals surface area contributed by atoms with Crippen LogP contribution in [-0.2, 0) is 19.2 Å². The number of hydrogen-bond donors (Lipinski definition) is 7. The van der Waals surface area contributed by atoms with Gasteiger partial charge in [0.1, 0.15) is 18.1 Å². The Bertz CT molecular complexity index is 514. The summed E-state index contributed by atoms with van der Waals surface area (Å²) in [6.07, 6.45) is -0.995. The normalized spacial score (nSPS) is 15.5.